The van der Waals surface area contributed by atoms with E-state index in [2.05, 4.69) is 51.4 Å². The van der Waals surface area contributed by atoms with Crippen LogP contribution in [0.1, 0.15) is 60.0 Å². The van der Waals surface area contributed by atoms with Gasteiger partial charge in [-0.3, -0.25) is 0 Å². The molecular formula is C22H23ClN6O. The van der Waals surface area contributed by atoms with Gasteiger partial charge in [0.15, 0.2) is 11.5 Å². The fourth-order valence-corrected chi connectivity index (χ4v) is 4.89. The molecule has 0 saturated heterocycles. The van der Waals surface area contributed by atoms with E-state index >= 15 is 0 Å². The molecule has 3 aromatic heterocycles. The molecule has 3 heterocycles. The van der Waals surface area contributed by atoms with E-state index in [0.29, 0.717) is 24.3 Å². The minimum Gasteiger partial charge on any atom is -0.468 e. The third-order valence-corrected chi connectivity index (χ3v) is 6.35. The van der Waals surface area contributed by atoms with E-state index in [1.54, 1.807) is 6.20 Å². The van der Waals surface area contributed by atoms with E-state index in [9.17, 15) is 0 Å². The summed E-state index contributed by atoms with van der Waals surface area (Å²) in [5.41, 5.74) is 5.65. The maximum Gasteiger partial charge on any atom is 0.236 e. The van der Waals surface area contributed by atoms with Crippen LogP contribution in [0, 0.1) is 6.92 Å². The van der Waals surface area contributed by atoms with Gasteiger partial charge >= 0.3 is 0 Å². The molecular weight excluding hydrogens is 400 g/mol. The summed E-state index contributed by atoms with van der Waals surface area (Å²) in [6, 6.07) is 8.32. The average Bonchev–Trinajstić information content (AvgIpc) is 3.43. The van der Waals surface area contributed by atoms with Gasteiger partial charge in [0.25, 0.3) is 0 Å². The van der Waals surface area contributed by atoms with Gasteiger partial charge in [-0.25, -0.2) is 4.98 Å². The van der Waals surface area contributed by atoms with Crippen molar-refractivity contribution in [2.24, 2.45) is 0 Å². The number of nitrogens with one attached hydrogen (secondary N) is 1. The summed E-state index contributed by atoms with van der Waals surface area (Å²) in [6.07, 6.45) is 8.37. The molecule has 4 aromatic rings. The van der Waals surface area contributed by atoms with Crippen molar-refractivity contribution in [1.29, 1.82) is 0 Å². The number of benzene rings is 1. The lowest BCUT2D eigenvalue weighted by molar-refractivity contribution is 0.262. The average molecular weight is 423 g/mol. The summed E-state index contributed by atoms with van der Waals surface area (Å²) in [4.78, 5) is 7.38. The van der Waals surface area contributed by atoms with Crippen LogP contribution in [0.2, 0.25) is 0 Å². The van der Waals surface area contributed by atoms with Gasteiger partial charge in [-0.05, 0) is 44.4 Å². The van der Waals surface area contributed by atoms with Crippen molar-refractivity contribution in [3.63, 3.8) is 0 Å². The monoisotopic (exact) mass is 422 g/mol. The summed E-state index contributed by atoms with van der Waals surface area (Å²) < 4.78 is 8.08. The molecule has 0 aliphatic heterocycles. The van der Waals surface area contributed by atoms with E-state index in [4.69, 9.17) is 9.84 Å². The van der Waals surface area contributed by atoms with Gasteiger partial charge < -0.3 is 9.72 Å². The molecule has 1 aromatic carbocycles. The second-order valence-corrected chi connectivity index (χ2v) is 8.13. The van der Waals surface area contributed by atoms with E-state index in [-0.39, 0.29) is 12.4 Å². The smallest absolute Gasteiger partial charge is 0.236 e. The number of aromatic amines is 1. The first-order valence-corrected chi connectivity index (χ1v) is 10.2. The molecule has 2 bridgehead atoms. The number of nitrogens with zero attached hydrogens (tertiary/aromatic N) is 5. The number of fused-ring (bicyclic) bond motifs is 3. The molecule has 30 heavy (non-hydrogen) atoms. The van der Waals surface area contributed by atoms with Crippen LogP contribution >= 0.6 is 12.4 Å². The molecule has 0 amide bonds. The molecule has 8 heteroatoms. The number of ether oxygens (including phenoxy) is 1. The Morgan fingerprint density at radius 2 is 1.77 bits per heavy atom. The summed E-state index contributed by atoms with van der Waals surface area (Å²) >= 11 is 0. The number of halogens is 1. The SMILES string of the molecule is Cc1ccc(-c2nnc3c4c(c(OCc5ncc[nH]5)nn23)C2CCC4CC2)cc1.Cl. The first-order valence-electron chi connectivity index (χ1n) is 10.2. The summed E-state index contributed by atoms with van der Waals surface area (Å²) in [6.45, 7) is 2.45. The first-order chi connectivity index (χ1) is 14.3. The van der Waals surface area contributed by atoms with Gasteiger partial charge in [0.05, 0.1) is 0 Å². The van der Waals surface area contributed by atoms with Gasteiger partial charge in [0.1, 0.15) is 12.4 Å². The van der Waals surface area contributed by atoms with Crippen LogP contribution in [-0.4, -0.2) is 29.8 Å². The van der Waals surface area contributed by atoms with Crippen LogP contribution in [0.25, 0.3) is 17.0 Å². The Balaban J connectivity index is 0.00000193. The third kappa shape index (κ3) is 2.96. The van der Waals surface area contributed by atoms with Crippen molar-refractivity contribution in [2.45, 2.75) is 51.0 Å². The Morgan fingerprint density at radius 1 is 1.03 bits per heavy atom. The molecule has 0 unspecified atom stereocenters. The standard InChI is InChI=1S/C22H22N6O.ClH/c1-13-2-4-16(5-3-13)20-25-26-21-18-14-6-8-15(9-7-14)19(18)22(27-28(20)21)29-12-17-23-10-11-24-17;/h2-5,10-11,14-15H,6-9,12H2,1H3,(H,23,24);1H. The van der Waals surface area contributed by atoms with Gasteiger partial charge in [0.2, 0.25) is 5.88 Å². The Hall–Kier alpha value is -2.93. The van der Waals surface area contributed by atoms with Crippen molar-refractivity contribution in [1.82, 2.24) is 29.8 Å². The van der Waals surface area contributed by atoms with Gasteiger partial charge in [0, 0.05) is 29.1 Å². The topological polar surface area (TPSA) is 81.0 Å². The van der Waals surface area contributed by atoms with Crippen molar-refractivity contribution >= 4 is 18.1 Å². The number of H-pyrrole nitrogens is 1. The van der Waals surface area contributed by atoms with Gasteiger partial charge in [-0.2, -0.15) is 4.52 Å². The molecule has 7 nitrogen and oxygen atoms in total. The van der Waals surface area contributed by atoms with E-state index in [1.165, 1.54) is 42.4 Å². The van der Waals surface area contributed by atoms with Crippen LogP contribution in [0.5, 0.6) is 5.88 Å². The number of rotatable bonds is 4. The van der Waals surface area contributed by atoms with Crippen LogP contribution in [0.4, 0.5) is 0 Å². The molecule has 1 fully saturated rings. The lowest BCUT2D eigenvalue weighted by Gasteiger charge is -2.38. The molecule has 3 aliphatic rings. The summed E-state index contributed by atoms with van der Waals surface area (Å²) in [5.74, 6) is 3.27. The number of hydrogen-bond acceptors (Lipinski definition) is 5. The van der Waals surface area contributed by atoms with E-state index in [0.717, 1.165) is 22.9 Å². The maximum atomic E-state index is 6.21. The van der Waals surface area contributed by atoms with Gasteiger partial charge in [-0.15, -0.1) is 27.7 Å². The van der Waals surface area contributed by atoms with Crippen LogP contribution in [0.3, 0.4) is 0 Å². The van der Waals surface area contributed by atoms with Crippen LogP contribution in [-0.2, 0) is 6.61 Å². The zero-order valence-corrected chi connectivity index (χ0v) is 17.5. The first kappa shape index (κ1) is 19.1. The molecule has 0 spiro atoms. The minimum absolute atomic E-state index is 0. The van der Waals surface area contributed by atoms with E-state index < -0.39 is 0 Å². The second kappa shape index (κ2) is 7.40. The fourth-order valence-electron chi connectivity index (χ4n) is 4.89. The largest absolute Gasteiger partial charge is 0.468 e. The normalized spacial score (nSPS) is 19.5. The lowest BCUT2D eigenvalue weighted by Crippen LogP contribution is -2.25. The Labute approximate surface area is 180 Å². The third-order valence-electron chi connectivity index (χ3n) is 6.35. The Kier molecular flexibility index (Phi) is 4.70. The molecule has 7 rings (SSSR count). The van der Waals surface area contributed by atoms with Crippen molar-refractivity contribution < 1.29 is 4.74 Å². The molecule has 154 valence electrons. The maximum absolute atomic E-state index is 6.21. The predicted molar refractivity (Wildman–Crippen MR) is 115 cm³/mol. The molecule has 0 atom stereocenters. The highest BCUT2D eigenvalue weighted by atomic mass is 35.5. The van der Waals surface area contributed by atoms with Crippen LogP contribution < -0.4 is 4.74 Å². The number of imidazole rings is 1. The Bertz CT molecular complexity index is 1180. The minimum atomic E-state index is 0. The molecule has 1 saturated carbocycles. The Morgan fingerprint density at radius 3 is 2.47 bits per heavy atom. The highest BCUT2D eigenvalue weighted by molar-refractivity contribution is 5.85. The number of aryl methyl sites for hydroxylation is 1. The zero-order valence-electron chi connectivity index (χ0n) is 16.7. The van der Waals surface area contributed by atoms with Crippen molar-refractivity contribution in [3.05, 3.63) is 59.2 Å². The lowest BCUT2D eigenvalue weighted by atomic mass is 9.67. The number of aromatic nitrogens is 6. The van der Waals surface area contributed by atoms with E-state index in [1.807, 2.05) is 10.7 Å². The molecule has 1 N–H and O–H groups in total. The fraction of sp³-hybridized carbons (Fsp3) is 0.364. The summed E-state index contributed by atoms with van der Waals surface area (Å²) in [5, 5.41) is 14.0. The highest BCUT2D eigenvalue weighted by Gasteiger charge is 2.39. The molecule has 3 aliphatic carbocycles. The highest BCUT2D eigenvalue weighted by Crippen LogP contribution is 2.53. The van der Waals surface area contributed by atoms with Crippen molar-refractivity contribution in [2.75, 3.05) is 0 Å². The van der Waals surface area contributed by atoms with Gasteiger partial charge in [-0.1, -0.05) is 29.8 Å². The quantitative estimate of drug-likeness (QED) is 0.520. The van der Waals surface area contributed by atoms with Crippen molar-refractivity contribution in [3.8, 4) is 17.3 Å². The van der Waals surface area contributed by atoms with Crippen LogP contribution in [0.15, 0.2) is 36.7 Å². The summed E-state index contributed by atoms with van der Waals surface area (Å²) in [7, 11) is 0. The second-order valence-electron chi connectivity index (χ2n) is 8.13. The molecule has 0 radical (unpaired) electrons. The number of hydrogen-bond donors (Lipinski definition) is 1. The predicted octanol–water partition coefficient (Wildman–Crippen LogP) is 4.58. The zero-order chi connectivity index (χ0) is 19.4.